The normalized spacial score (nSPS) is 21.5. The molecule has 0 atom stereocenters. The molecule has 0 saturated heterocycles. The number of ether oxygens (including phenoxy) is 1. The predicted molar refractivity (Wildman–Crippen MR) is 150 cm³/mol. The number of hydrogen-bond donors (Lipinski definition) is 0. The Morgan fingerprint density at radius 2 is 1.15 bits per heavy atom. The van der Waals surface area contributed by atoms with Gasteiger partial charge in [-0.05, 0) is 113 Å². The van der Waals surface area contributed by atoms with E-state index in [0.29, 0.717) is 0 Å². The lowest BCUT2D eigenvalue weighted by molar-refractivity contribution is 0.416. The zero-order valence-electron chi connectivity index (χ0n) is 21.7. The largest absolute Gasteiger partial charge is 0.496 e. The third-order valence-electron chi connectivity index (χ3n) is 9.57. The zero-order valence-corrected chi connectivity index (χ0v) is 22.6. The minimum absolute atomic E-state index is 0.974. The Kier molecular flexibility index (Phi) is 8.00. The van der Waals surface area contributed by atoms with Crippen molar-refractivity contribution in [2.45, 2.75) is 120 Å². The molecule has 34 heavy (non-hydrogen) atoms. The molecule has 0 aliphatic heterocycles. The summed E-state index contributed by atoms with van der Waals surface area (Å²) < 4.78 is 5.86. The SMILES string of the molecule is COc1cccc(C)c1-c1cccc([P+](C2CCCCC2)(C2CCCCC2)C2CCCCC2)c1. The molecular weight excluding hydrogens is 431 g/mol. The average Bonchev–Trinajstić information content (AvgIpc) is 2.91. The molecule has 3 fully saturated rings. The summed E-state index contributed by atoms with van der Waals surface area (Å²) in [5.41, 5.74) is 6.94. The Morgan fingerprint density at radius 3 is 1.65 bits per heavy atom. The number of aryl methyl sites for hydroxylation is 1. The van der Waals surface area contributed by atoms with E-state index < -0.39 is 7.26 Å². The third-order valence-corrected chi connectivity index (χ3v) is 15.9. The molecule has 3 aliphatic carbocycles. The molecular formula is C32H46OP+. The molecule has 3 aliphatic rings. The van der Waals surface area contributed by atoms with E-state index >= 15 is 0 Å². The maximum absolute atomic E-state index is 5.86. The van der Waals surface area contributed by atoms with Crippen LogP contribution in [0.25, 0.3) is 11.1 Å². The molecule has 0 spiro atoms. The van der Waals surface area contributed by atoms with Crippen LogP contribution >= 0.6 is 7.26 Å². The van der Waals surface area contributed by atoms with Crippen LogP contribution in [0.2, 0.25) is 0 Å². The molecule has 0 unspecified atom stereocenters. The van der Waals surface area contributed by atoms with Gasteiger partial charge in [0.25, 0.3) is 0 Å². The standard InChI is InChI=1S/C32H46OP/c1-25-14-12-23-31(33-2)32(25)26-15-13-22-30(24-26)34(27-16-6-3-7-17-27,28-18-8-4-9-19-28)29-20-10-5-11-21-29/h12-15,22-24,27-29H,3-11,16-21H2,1-2H3/q+1. The van der Waals surface area contributed by atoms with E-state index in [9.17, 15) is 0 Å². The molecule has 5 rings (SSSR count). The van der Waals surface area contributed by atoms with E-state index in [1.807, 2.05) is 7.11 Å². The van der Waals surface area contributed by atoms with Crippen molar-refractivity contribution < 1.29 is 4.74 Å². The van der Waals surface area contributed by atoms with Gasteiger partial charge in [0.2, 0.25) is 0 Å². The highest BCUT2D eigenvalue weighted by atomic mass is 31.2. The lowest BCUT2D eigenvalue weighted by atomic mass is 9.98. The highest BCUT2D eigenvalue weighted by Gasteiger charge is 2.58. The van der Waals surface area contributed by atoms with Crippen molar-refractivity contribution >= 4 is 12.6 Å². The van der Waals surface area contributed by atoms with Gasteiger partial charge >= 0.3 is 0 Å². The molecule has 0 heterocycles. The minimum atomic E-state index is -1.30. The third kappa shape index (κ3) is 4.59. The summed E-state index contributed by atoms with van der Waals surface area (Å²) in [5, 5.41) is 1.79. The van der Waals surface area contributed by atoms with Gasteiger partial charge in [-0.3, -0.25) is 0 Å². The first-order valence-electron chi connectivity index (χ1n) is 14.4. The van der Waals surface area contributed by atoms with Crippen LogP contribution in [0.15, 0.2) is 42.5 Å². The van der Waals surface area contributed by atoms with Crippen molar-refractivity contribution in [2.24, 2.45) is 0 Å². The summed E-state index contributed by atoms with van der Waals surface area (Å²) >= 11 is 0. The lowest BCUT2D eigenvalue weighted by Crippen LogP contribution is -2.41. The van der Waals surface area contributed by atoms with Crippen LogP contribution < -0.4 is 10.0 Å². The molecule has 3 saturated carbocycles. The quantitative estimate of drug-likeness (QED) is 0.377. The predicted octanol–water partition coefficient (Wildman–Crippen LogP) is 9.31. The molecule has 2 aromatic carbocycles. The van der Waals surface area contributed by atoms with Crippen LogP contribution in [0.4, 0.5) is 0 Å². The summed E-state index contributed by atoms with van der Waals surface area (Å²) in [5.74, 6) is 1.02. The van der Waals surface area contributed by atoms with Crippen molar-refractivity contribution in [1.29, 1.82) is 0 Å². The topological polar surface area (TPSA) is 9.23 Å². The number of methoxy groups -OCH3 is 1. The first kappa shape index (κ1) is 24.4. The van der Waals surface area contributed by atoms with Crippen LogP contribution in [-0.4, -0.2) is 24.1 Å². The van der Waals surface area contributed by atoms with Crippen LogP contribution in [0.1, 0.15) is 102 Å². The summed E-state index contributed by atoms with van der Waals surface area (Å²) in [6, 6.07) is 16.5. The minimum Gasteiger partial charge on any atom is -0.496 e. The molecule has 2 aromatic rings. The van der Waals surface area contributed by atoms with Crippen molar-refractivity contribution in [2.75, 3.05) is 7.11 Å². The van der Waals surface area contributed by atoms with Crippen molar-refractivity contribution in [3.63, 3.8) is 0 Å². The van der Waals surface area contributed by atoms with Crippen LogP contribution in [0, 0.1) is 6.92 Å². The van der Waals surface area contributed by atoms with Gasteiger partial charge in [0.15, 0.2) is 0 Å². The van der Waals surface area contributed by atoms with Gasteiger partial charge in [-0.25, -0.2) is 0 Å². The van der Waals surface area contributed by atoms with Gasteiger partial charge in [0.1, 0.15) is 5.75 Å². The first-order chi connectivity index (χ1) is 16.7. The van der Waals surface area contributed by atoms with Gasteiger partial charge in [-0.1, -0.05) is 43.5 Å². The Hall–Kier alpha value is -1.33. The number of benzene rings is 2. The van der Waals surface area contributed by atoms with Gasteiger partial charge in [-0.15, -0.1) is 0 Å². The average molecular weight is 478 g/mol. The van der Waals surface area contributed by atoms with Crippen LogP contribution in [0.3, 0.4) is 0 Å². The Bertz CT molecular complexity index is 886. The molecule has 0 amide bonds. The van der Waals surface area contributed by atoms with Crippen molar-refractivity contribution in [1.82, 2.24) is 0 Å². The number of hydrogen-bond acceptors (Lipinski definition) is 1. The van der Waals surface area contributed by atoms with E-state index in [1.54, 1.807) is 5.30 Å². The smallest absolute Gasteiger partial charge is 0.126 e. The van der Waals surface area contributed by atoms with Gasteiger partial charge in [0.05, 0.1) is 36.7 Å². The van der Waals surface area contributed by atoms with E-state index in [4.69, 9.17) is 4.74 Å². The fourth-order valence-electron chi connectivity index (χ4n) is 8.13. The Balaban J connectivity index is 1.68. The second-order valence-corrected chi connectivity index (χ2v) is 15.8. The van der Waals surface area contributed by atoms with E-state index in [1.165, 1.54) is 113 Å². The first-order valence-corrected chi connectivity index (χ1v) is 16.4. The summed E-state index contributed by atoms with van der Waals surface area (Å²) in [6.45, 7) is 2.25. The summed E-state index contributed by atoms with van der Waals surface area (Å²) in [6.07, 6.45) is 22.2. The monoisotopic (exact) mass is 477 g/mol. The summed E-state index contributed by atoms with van der Waals surface area (Å²) in [4.78, 5) is 0. The second kappa shape index (κ2) is 11.2. The molecule has 0 bridgehead atoms. The van der Waals surface area contributed by atoms with Crippen LogP contribution in [0.5, 0.6) is 5.75 Å². The van der Waals surface area contributed by atoms with Crippen molar-refractivity contribution in [3.8, 4) is 16.9 Å². The Morgan fingerprint density at radius 1 is 0.647 bits per heavy atom. The van der Waals surface area contributed by atoms with E-state index in [0.717, 1.165) is 22.7 Å². The maximum Gasteiger partial charge on any atom is 0.126 e. The Labute approximate surface area is 209 Å². The second-order valence-electron chi connectivity index (χ2n) is 11.4. The fourth-order valence-corrected chi connectivity index (χ4v) is 15.6. The van der Waals surface area contributed by atoms with E-state index in [2.05, 4.69) is 49.4 Å². The highest BCUT2D eigenvalue weighted by Crippen LogP contribution is 2.76. The van der Waals surface area contributed by atoms with E-state index in [-0.39, 0.29) is 0 Å². The molecule has 184 valence electrons. The zero-order chi connectivity index (χ0) is 23.4. The molecule has 0 aromatic heterocycles. The number of rotatable bonds is 6. The fraction of sp³-hybridized carbons (Fsp3) is 0.625. The molecule has 0 N–H and O–H groups in total. The highest BCUT2D eigenvalue weighted by molar-refractivity contribution is 7.84. The van der Waals surface area contributed by atoms with Crippen molar-refractivity contribution in [3.05, 3.63) is 48.0 Å². The molecule has 0 radical (unpaired) electrons. The van der Waals surface area contributed by atoms with Gasteiger partial charge in [0, 0.05) is 5.56 Å². The lowest BCUT2D eigenvalue weighted by Gasteiger charge is -2.49. The maximum atomic E-state index is 5.86. The van der Waals surface area contributed by atoms with Gasteiger partial charge in [-0.2, -0.15) is 0 Å². The van der Waals surface area contributed by atoms with Crippen LogP contribution in [-0.2, 0) is 0 Å². The van der Waals surface area contributed by atoms with Gasteiger partial charge < -0.3 is 4.74 Å². The summed E-state index contributed by atoms with van der Waals surface area (Å²) in [7, 11) is 0.523. The molecule has 1 nitrogen and oxygen atoms in total. The molecule has 2 heteroatoms.